The Hall–Kier alpha value is -4.03. The van der Waals surface area contributed by atoms with Crippen molar-refractivity contribution < 1.29 is 22.7 Å². The van der Waals surface area contributed by atoms with Gasteiger partial charge in [0.1, 0.15) is 5.75 Å². The molecule has 4 rings (SSSR count). The molecule has 0 atom stereocenters. The van der Waals surface area contributed by atoms with E-state index in [2.05, 4.69) is 20.1 Å². The Morgan fingerprint density at radius 3 is 2.54 bits per heavy atom. The van der Waals surface area contributed by atoms with E-state index >= 15 is 0 Å². The number of amides is 1. The highest BCUT2D eigenvalue weighted by Gasteiger charge is 2.31. The van der Waals surface area contributed by atoms with E-state index < -0.39 is 18.0 Å². The summed E-state index contributed by atoms with van der Waals surface area (Å²) in [6, 6.07) is 9.09. The normalized spacial score (nSPS) is 14.5. The number of aryl methyl sites for hydroxylation is 2. The molecule has 0 bridgehead atoms. The lowest BCUT2D eigenvalue weighted by molar-refractivity contribution is -0.274. The van der Waals surface area contributed by atoms with E-state index in [0.717, 1.165) is 48.8 Å². The summed E-state index contributed by atoms with van der Waals surface area (Å²) in [6.07, 6.45) is 0.405. The van der Waals surface area contributed by atoms with Gasteiger partial charge in [-0.2, -0.15) is 5.10 Å². The molecule has 1 aromatic heterocycles. The van der Waals surface area contributed by atoms with Gasteiger partial charge < -0.3 is 15.8 Å². The Labute approximate surface area is 224 Å². The number of nitrogens with zero attached hydrogens (tertiary/aromatic N) is 4. The molecule has 208 valence electrons. The van der Waals surface area contributed by atoms with Gasteiger partial charge in [0.2, 0.25) is 0 Å². The Balaban J connectivity index is 1.57. The van der Waals surface area contributed by atoms with Crippen LogP contribution in [0.25, 0.3) is 5.70 Å². The van der Waals surface area contributed by atoms with E-state index in [1.54, 1.807) is 42.2 Å². The number of likely N-dealkylation sites (tertiary alicyclic amines) is 1. The minimum Gasteiger partial charge on any atom is -0.406 e. The second-order valence-corrected chi connectivity index (χ2v) is 9.61. The molecule has 12 heteroatoms. The number of halogens is 3. The van der Waals surface area contributed by atoms with Crippen molar-refractivity contribution in [3.8, 4) is 5.75 Å². The van der Waals surface area contributed by atoms with Crippen LogP contribution >= 0.6 is 0 Å². The largest absolute Gasteiger partial charge is 0.573 e. The third-order valence-corrected chi connectivity index (χ3v) is 6.64. The van der Waals surface area contributed by atoms with Gasteiger partial charge in [-0.1, -0.05) is 6.07 Å². The predicted molar refractivity (Wildman–Crippen MR) is 144 cm³/mol. The second-order valence-electron chi connectivity index (χ2n) is 9.61. The van der Waals surface area contributed by atoms with Crippen LogP contribution in [0.15, 0.2) is 48.8 Å². The molecule has 2 heterocycles. The SMILES string of the molecule is Cc1ccc(C(=O)Nc2cc(CN3CCCC3)cc(OC(F)(F)F)c2)cc1N(N)/C=C(\N)c1cnn(C)c1C. The van der Waals surface area contributed by atoms with Gasteiger partial charge in [-0.3, -0.25) is 19.4 Å². The standard InChI is InChI=1S/C27H32F3N7O2/c1-17-6-7-20(12-25(17)37(32)16-24(31)23-14-33-35(3)18(23)2)26(38)34-21-10-19(15-36-8-4-5-9-36)11-22(13-21)39-27(28,29)30/h6-7,10-14,16H,4-5,8-9,15,31-32H2,1-3H3,(H,34,38)/b24-16-. The quantitative estimate of drug-likeness (QED) is 0.285. The number of hydrogen-bond acceptors (Lipinski definition) is 7. The highest BCUT2D eigenvalue weighted by atomic mass is 19.4. The zero-order valence-electron chi connectivity index (χ0n) is 22.0. The monoisotopic (exact) mass is 543 g/mol. The Morgan fingerprint density at radius 1 is 1.18 bits per heavy atom. The van der Waals surface area contributed by atoms with Crippen molar-refractivity contribution in [1.82, 2.24) is 14.7 Å². The summed E-state index contributed by atoms with van der Waals surface area (Å²) in [5.74, 6) is 5.38. The summed E-state index contributed by atoms with van der Waals surface area (Å²) >= 11 is 0. The molecular formula is C27H32F3N7O2. The minimum atomic E-state index is -4.85. The molecule has 1 aliphatic rings. The minimum absolute atomic E-state index is 0.193. The van der Waals surface area contributed by atoms with Gasteiger partial charge in [0.15, 0.2) is 0 Å². The molecule has 1 amide bonds. The topological polar surface area (TPSA) is 115 Å². The fourth-order valence-electron chi connectivity index (χ4n) is 4.52. The van der Waals surface area contributed by atoms with Gasteiger partial charge in [-0.05, 0) is 75.2 Å². The number of ether oxygens (including phenoxy) is 1. The summed E-state index contributed by atoms with van der Waals surface area (Å²) < 4.78 is 44.7. The number of hydrogen-bond donors (Lipinski definition) is 3. The van der Waals surface area contributed by atoms with Gasteiger partial charge in [0, 0.05) is 48.4 Å². The smallest absolute Gasteiger partial charge is 0.406 e. The van der Waals surface area contributed by atoms with Crippen LogP contribution in [0.3, 0.4) is 0 Å². The van der Waals surface area contributed by atoms with E-state index in [1.165, 1.54) is 17.3 Å². The highest BCUT2D eigenvalue weighted by Crippen LogP contribution is 2.29. The molecule has 0 aliphatic carbocycles. The number of aromatic nitrogens is 2. The van der Waals surface area contributed by atoms with Crippen molar-refractivity contribution in [1.29, 1.82) is 0 Å². The second kappa shape index (κ2) is 11.4. The van der Waals surface area contributed by atoms with Crippen molar-refractivity contribution >= 4 is 23.0 Å². The van der Waals surface area contributed by atoms with Crippen molar-refractivity contribution in [2.45, 2.75) is 39.6 Å². The average Bonchev–Trinajstić information content (AvgIpc) is 3.47. The number of carbonyl (C=O) groups is 1. The van der Waals surface area contributed by atoms with Crippen LogP contribution in [-0.4, -0.2) is 40.0 Å². The first-order valence-electron chi connectivity index (χ1n) is 12.4. The van der Waals surface area contributed by atoms with Gasteiger partial charge in [-0.15, -0.1) is 13.2 Å². The van der Waals surface area contributed by atoms with Crippen LogP contribution in [0.2, 0.25) is 0 Å². The lowest BCUT2D eigenvalue weighted by atomic mass is 10.1. The van der Waals surface area contributed by atoms with E-state index in [1.807, 2.05) is 13.8 Å². The maximum atomic E-state index is 13.1. The van der Waals surface area contributed by atoms with Gasteiger partial charge in [0.25, 0.3) is 5.91 Å². The van der Waals surface area contributed by atoms with Gasteiger partial charge in [-0.25, -0.2) is 5.84 Å². The molecule has 5 N–H and O–H groups in total. The van der Waals surface area contributed by atoms with E-state index in [9.17, 15) is 18.0 Å². The summed E-state index contributed by atoms with van der Waals surface area (Å²) in [5.41, 5.74) is 10.6. The maximum Gasteiger partial charge on any atom is 0.573 e. The third-order valence-electron chi connectivity index (χ3n) is 6.64. The molecule has 0 radical (unpaired) electrons. The van der Waals surface area contributed by atoms with Crippen molar-refractivity contribution in [3.05, 3.63) is 76.7 Å². The van der Waals surface area contributed by atoms with Crippen molar-refractivity contribution in [2.24, 2.45) is 18.6 Å². The zero-order chi connectivity index (χ0) is 28.3. The predicted octanol–water partition coefficient (Wildman–Crippen LogP) is 4.42. The molecule has 39 heavy (non-hydrogen) atoms. The molecule has 2 aromatic carbocycles. The Morgan fingerprint density at radius 2 is 1.90 bits per heavy atom. The first-order chi connectivity index (χ1) is 18.4. The summed E-state index contributed by atoms with van der Waals surface area (Å²) in [6.45, 7) is 5.91. The number of nitrogens with two attached hydrogens (primary N) is 2. The first-order valence-corrected chi connectivity index (χ1v) is 12.4. The third kappa shape index (κ3) is 7.09. The molecule has 1 fully saturated rings. The van der Waals surface area contributed by atoms with Crippen LogP contribution in [0, 0.1) is 13.8 Å². The highest BCUT2D eigenvalue weighted by molar-refractivity contribution is 6.05. The van der Waals surface area contributed by atoms with Crippen LogP contribution in [0.4, 0.5) is 24.5 Å². The fraction of sp³-hybridized carbons (Fsp3) is 0.333. The number of nitrogens with one attached hydrogen (secondary N) is 1. The maximum absolute atomic E-state index is 13.1. The lowest BCUT2D eigenvalue weighted by Crippen LogP contribution is -2.27. The van der Waals surface area contributed by atoms with Crippen molar-refractivity contribution in [2.75, 3.05) is 23.4 Å². The lowest BCUT2D eigenvalue weighted by Gasteiger charge is -2.19. The van der Waals surface area contributed by atoms with E-state index in [-0.39, 0.29) is 11.3 Å². The van der Waals surface area contributed by atoms with E-state index in [0.29, 0.717) is 23.5 Å². The molecule has 3 aromatic rings. The molecule has 9 nitrogen and oxygen atoms in total. The van der Waals surface area contributed by atoms with Crippen LogP contribution in [0.5, 0.6) is 5.75 Å². The summed E-state index contributed by atoms with van der Waals surface area (Å²) in [5, 5.41) is 8.20. The Bertz CT molecular complexity index is 1380. The number of anilines is 2. The molecular weight excluding hydrogens is 511 g/mol. The Kier molecular flexibility index (Phi) is 8.17. The summed E-state index contributed by atoms with van der Waals surface area (Å²) in [7, 11) is 1.80. The van der Waals surface area contributed by atoms with Crippen LogP contribution in [0.1, 0.15) is 45.6 Å². The molecule has 0 spiro atoms. The zero-order valence-corrected chi connectivity index (χ0v) is 22.0. The van der Waals surface area contributed by atoms with E-state index in [4.69, 9.17) is 11.6 Å². The molecule has 1 aliphatic heterocycles. The van der Waals surface area contributed by atoms with Gasteiger partial charge >= 0.3 is 6.36 Å². The van der Waals surface area contributed by atoms with Crippen LogP contribution in [-0.2, 0) is 13.6 Å². The molecule has 0 unspecified atom stereocenters. The molecule has 0 saturated carbocycles. The first kappa shape index (κ1) is 28.0. The summed E-state index contributed by atoms with van der Waals surface area (Å²) in [4.78, 5) is 15.3. The fourth-order valence-corrected chi connectivity index (χ4v) is 4.52. The number of benzene rings is 2. The average molecular weight is 544 g/mol. The number of rotatable bonds is 8. The number of alkyl halides is 3. The number of hydrazine groups is 1. The van der Waals surface area contributed by atoms with Gasteiger partial charge in [0.05, 0.1) is 17.6 Å². The van der Waals surface area contributed by atoms with Crippen molar-refractivity contribution in [3.63, 3.8) is 0 Å². The molecule has 1 saturated heterocycles. The number of carbonyl (C=O) groups excluding carboxylic acids is 1. The van der Waals surface area contributed by atoms with Crippen LogP contribution < -0.4 is 26.6 Å².